The first-order valence-electron chi connectivity index (χ1n) is 7.74. The number of benzene rings is 1. The van der Waals surface area contributed by atoms with Gasteiger partial charge in [-0.25, -0.2) is 0 Å². The average Bonchev–Trinajstić information content (AvgIpc) is 2.47. The minimum Gasteiger partial charge on any atom is -0.414 e. The standard InChI is InChI=1S/C16H28O3Si3/c1-6-17-22(18-20-12-14(2)3,19-21-13-15(4)5)16-10-8-7-9-11-16/h7-13H,6,20-21H2,1-5H3. The van der Waals surface area contributed by atoms with Crippen LogP contribution in [0.15, 0.2) is 52.9 Å². The molecule has 0 aliphatic rings. The van der Waals surface area contributed by atoms with Crippen LogP contribution in [0.3, 0.4) is 0 Å². The molecule has 0 aliphatic heterocycles. The third-order valence-corrected chi connectivity index (χ3v) is 11.0. The molecule has 3 nitrogen and oxygen atoms in total. The topological polar surface area (TPSA) is 27.7 Å². The van der Waals surface area contributed by atoms with Crippen LogP contribution < -0.4 is 5.19 Å². The van der Waals surface area contributed by atoms with Gasteiger partial charge in [0.05, 0.1) is 0 Å². The molecule has 0 unspecified atom stereocenters. The summed E-state index contributed by atoms with van der Waals surface area (Å²) in [4.78, 5) is 0. The van der Waals surface area contributed by atoms with Gasteiger partial charge in [-0.1, -0.05) is 52.9 Å². The Morgan fingerprint density at radius 3 is 1.86 bits per heavy atom. The minimum atomic E-state index is -2.77. The molecule has 1 aromatic carbocycles. The second-order valence-electron chi connectivity index (χ2n) is 5.54. The molecule has 0 amide bonds. The first kappa shape index (κ1) is 19.3. The minimum absolute atomic E-state index is 0.605. The fourth-order valence-corrected chi connectivity index (χ4v) is 9.16. The number of rotatable bonds is 9. The molecule has 1 aromatic rings. The van der Waals surface area contributed by atoms with Crippen molar-refractivity contribution < 1.29 is 12.7 Å². The zero-order valence-electron chi connectivity index (χ0n) is 14.4. The fourth-order valence-electron chi connectivity index (χ4n) is 1.84. The summed E-state index contributed by atoms with van der Waals surface area (Å²) >= 11 is 0. The second kappa shape index (κ2) is 10.1. The highest BCUT2D eigenvalue weighted by atomic mass is 28.4. The molecule has 0 aromatic heterocycles. The lowest BCUT2D eigenvalue weighted by Gasteiger charge is -2.29. The smallest absolute Gasteiger partial charge is 0.414 e. The Morgan fingerprint density at radius 1 is 0.955 bits per heavy atom. The Balaban J connectivity index is 3.02. The van der Waals surface area contributed by atoms with Gasteiger partial charge in [-0.15, -0.1) is 0 Å². The molecule has 0 saturated heterocycles. The molecule has 6 heteroatoms. The largest absolute Gasteiger partial charge is 0.515 e. The lowest BCUT2D eigenvalue weighted by atomic mass is 10.4. The summed E-state index contributed by atoms with van der Waals surface area (Å²) in [6, 6.07) is 10.2. The molecule has 0 atom stereocenters. The average molecular weight is 353 g/mol. The summed E-state index contributed by atoms with van der Waals surface area (Å²) in [6.45, 7) is 11.0. The van der Waals surface area contributed by atoms with Crippen LogP contribution in [-0.2, 0) is 12.7 Å². The highest BCUT2D eigenvalue weighted by Crippen LogP contribution is 2.11. The molecule has 0 radical (unpaired) electrons. The van der Waals surface area contributed by atoms with Crippen molar-refractivity contribution in [1.29, 1.82) is 0 Å². The summed E-state index contributed by atoms with van der Waals surface area (Å²) < 4.78 is 18.7. The molecule has 0 heterocycles. The van der Waals surface area contributed by atoms with E-state index in [1.807, 2.05) is 25.1 Å². The van der Waals surface area contributed by atoms with Gasteiger partial charge in [0.1, 0.15) is 0 Å². The molecular weight excluding hydrogens is 324 g/mol. The quantitative estimate of drug-likeness (QED) is 0.636. The van der Waals surface area contributed by atoms with Crippen LogP contribution in [0.1, 0.15) is 34.6 Å². The summed E-state index contributed by atoms with van der Waals surface area (Å²) in [6.07, 6.45) is 0. The molecule has 0 aliphatic carbocycles. The zero-order valence-corrected chi connectivity index (χ0v) is 18.2. The second-order valence-corrected chi connectivity index (χ2v) is 11.3. The maximum atomic E-state index is 6.31. The predicted molar refractivity (Wildman–Crippen MR) is 102 cm³/mol. The molecule has 0 saturated carbocycles. The summed E-state index contributed by atoms with van der Waals surface area (Å²) in [5, 5.41) is 1.07. The summed E-state index contributed by atoms with van der Waals surface area (Å²) in [7, 11) is -4.37. The van der Waals surface area contributed by atoms with Crippen molar-refractivity contribution in [1.82, 2.24) is 0 Å². The van der Waals surface area contributed by atoms with E-state index in [4.69, 9.17) is 12.7 Å². The van der Waals surface area contributed by atoms with Crippen LogP contribution in [-0.4, -0.2) is 34.9 Å². The van der Waals surface area contributed by atoms with E-state index in [1.54, 1.807) is 0 Å². The van der Waals surface area contributed by atoms with Gasteiger partial charge < -0.3 is 12.7 Å². The van der Waals surface area contributed by atoms with E-state index in [2.05, 4.69) is 51.2 Å². The molecular formula is C16H28O3Si3. The normalized spacial score (nSPS) is 14.4. The van der Waals surface area contributed by atoms with E-state index in [-0.39, 0.29) is 0 Å². The third kappa shape index (κ3) is 6.55. The van der Waals surface area contributed by atoms with Gasteiger partial charge in [0.15, 0.2) is 19.5 Å². The SMILES string of the molecule is CCO[Si](O[SiH2]C=C(C)C)(O[SiH2]C=C(C)C)c1ccccc1. The van der Waals surface area contributed by atoms with Gasteiger partial charge in [0.25, 0.3) is 0 Å². The lowest BCUT2D eigenvalue weighted by Crippen LogP contribution is -2.58. The van der Waals surface area contributed by atoms with Crippen LogP contribution in [0.4, 0.5) is 0 Å². The van der Waals surface area contributed by atoms with E-state index >= 15 is 0 Å². The van der Waals surface area contributed by atoms with Crippen molar-refractivity contribution in [2.45, 2.75) is 34.6 Å². The Morgan fingerprint density at radius 2 is 1.45 bits per heavy atom. The molecule has 1 rings (SSSR count). The number of hydrogen-bond acceptors (Lipinski definition) is 3. The number of allylic oxidation sites excluding steroid dienone is 2. The van der Waals surface area contributed by atoms with Crippen molar-refractivity contribution in [3.05, 3.63) is 52.9 Å². The summed E-state index contributed by atoms with van der Waals surface area (Å²) in [5.74, 6) is 0. The Hall–Kier alpha value is -0.769. The van der Waals surface area contributed by atoms with Crippen LogP contribution in [0.25, 0.3) is 0 Å². The maximum absolute atomic E-state index is 6.31. The van der Waals surface area contributed by atoms with Crippen molar-refractivity contribution in [3.8, 4) is 0 Å². The van der Waals surface area contributed by atoms with E-state index in [0.717, 1.165) is 5.19 Å². The lowest BCUT2D eigenvalue weighted by molar-refractivity contribution is 0.198. The van der Waals surface area contributed by atoms with Gasteiger partial charge in [0.2, 0.25) is 0 Å². The van der Waals surface area contributed by atoms with Gasteiger partial charge in [-0.05, 0) is 34.6 Å². The Labute approximate surface area is 140 Å². The van der Waals surface area contributed by atoms with Gasteiger partial charge in [-0.2, -0.15) is 0 Å². The summed E-state index contributed by atoms with van der Waals surface area (Å²) in [5.41, 5.74) is 6.99. The highest BCUT2D eigenvalue weighted by molar-refractivity contribution is 6.82. The third-order valence-electron chi connectivity index (χ3n) is 2.99. The van der Waals surface area contributed by atoms with Crippen molar-refractivity contribution in [2.24, 2.45) is 0 Å². The number of hydrogen-bond donors (Lipinski definition) is 0. The van der Waals surface area contributed by atoms with E-state index in [9.17, 15) is 0 Å². The molecule has 0 spiro atoms. The van der Waals surface area contributed by atoms with Crippen molar-refractivity contribution in [3.63, 3.8) is 0 Å². The first-order chi connectivity index (χ1) is 10.5. The van der Waals surface area contributed by atoms with Crippen molar-refractivity contribution >= 4 is 33.5 Å². The molecule has 122 valence electrons. The van der Waals surface area contributed by atoms with E-state index in [1.165, 1.54) is 11.1 Å². The van der Waals surface area contributed by atoms with Gasteiger partial charge >= 0.3 is 8.80 Å². The van der Waals surface area contributed by atoms with Crippen molar-refractivity contribution in [2.75, 3.05) is 6.61 Å². The van der Waals surface area contributed by atoms with Crippen LogP contribution in [0.5, 0.6) is 0 Å². The zero-order chi connectivity index (χ0) is 16.4. The van der Waals surface area contributed by atoms with E-state index in [0.29, 0.717) is 6.61 Å². The maximum Gasteiger partial charge on any atom is 0.515 e. The Kier molecular flexibility index (Phi) is 8.84. The molecule has 0 N–H and O–H groups in total. The fraction of sp³-hybridized carbons (Fsp3) is 0.375. The van der Waals surface area contributed by atoms with Gasteiger partial charge in [0, 0.05) is 11.8 Å². The van der Waals surface area contributed by atoms with Crippen LogP contribution >= 0.6 is 0 Å². The molecule has 0 bridgehead atoms. The van der Waals surface area contributed by atoms with Crippen LogP contribution in [0.2, 0.25) is 0 Å². The first-order valence-corrected chi connectivity index (χ1v) is 12.3. The van der Waals surface area contributed by atoms with Gasteiger partial charge in [-0.3, -0.25) is 0 Å². The van der Waals surface area contributed by atoms with Crippen LogP contribution in [0, 0.1) is 0 Å². The predicted octanol–water partition coefficient (Wildman–Crippen LogP) is 1.92. The Bertz CT molecular complexity index is 471. The molecule has 22 heavy (non-hydrogen) atoms. The highest BCUT2D eigenvalue weighted by Gasteiger charge is 2.42. The monoisotopic (exact) mass is 352 g/mol. The molecule has 0 fully saturated rings. The van der Waals surface area contributed by atoms with E-state index < -0.39 is 28.3 Å².